The average molecular weight is 458 g/mol. The summed E-state index contributed by atoms with van der Waals surface area (Å²) in [6, 6.07) is 5.30. The maximum atomic E-state index is 13.4. The number of aromatic nitrogens is 3. The van der Waals surface area contributed by atoms with Gasteiger partial charge in [0.15, 0.2) is 0 Å². The first-order valence-electron chi connectivity index (χ1n) is 11.7. The molecule has 0 radical (unpaired) electrons. The zero-order valence-corrected chi connectivity index (χ0v) is 19.6. The average Bonchev–Trinajstić information content (AvgIpc) is 3.23. The second kappa shape index (κ2) is 8.17. The SMILES string of the molecule is CC1Cc2cc(C(=O)N3CCCC(c4nnc5n4CCCCC5)C3)ccc2N1S(C)(=O)=O. The Morgan fingerprint density at radius 1 is 1.09 bits per heavy atom. The standard InChI is InChI=1S/C23H31N5O3S/c1-16-13-19-14-17(9-10-20(19)28(16)32(2,30)31)23(29)26-11-6-7-18(15-26)22-25-24-21-8-4-3-5-12-27(21)22/h9-10,14,16,18H,3-8,11-13,15H2,1-2H3. The molecule has 32 heavy (non-hydrogen) atoms. The Hall–Kier alpha value is -2.42. The van der Waals surface area contributed by atoms with Crippen molar-refractivity contribution in [1.82, 2.24) is 19.7 Å². The van der Waals surface area contributed by atoms with Gasteiger partial charge in [-0.3, -0.25) is 9.10 Å². The van der Waals surface area contributed by atoms with Gasteiger partial charge in [0.05, 0.1) is 11.9 Å². The number of nitrogens with zero attached hydrogens (tertiary/aromatic N) is 5. The van der Waals surface area contributed by atoms with E-state index in [4.69, 9.17) is 0 Å². The van der Waals surface area contributed by atoms with Crippen LogP contribution >= 0.6 is 0 Å². The highest BCUT2D eigenvalue weighted by Crippen LogP contribution is 2.35. The van der Waals surface area contributed by atoms with Crippen molar-refractivity contribution in [2.75, 3.05) is 23.7 Å². The lowest BCUT2D eigenvalue weighted by Crippen LogP contribution is -2.40. The number of sulfonamides is 1. The van der Waals surface area contributed by atoms with Crippen LogP contribution in [-0.4, -0.2) is 59.4 Å². The molecule has 0 N–H and O–H groups in total. The normalized spacial score (nSPS) is 23.6. The lowest BCUT2D eigenvalue weighted by atomic mass is 9.96. The summed E-state index contributed by atoms with van der Waals surface area (Å²) in [5, 5.41) is 8.98. The fourth-order valence-electron chi connectivity index (χ4n) is 5.61. The van der Waals surface area contributed by atoms with Gasteiger partial charge in [0.1, 0.15) is 11.6 Å². The van der Waals surface area contributed by atoms with E-state index >= 15 is 0 Å². The van der Waals surface area contributed by atoms with Crippen LogP contribution in [0.3, 0.4) is 0 Å². The summed E-state index contributed by atoms with van der Waals surface area (Å²) >= 11 is 0. The van der Waals surface area contributed by atoms with Crippen LogP contribution in [0.5, 0.6) is 0 Å². The minimum absolute atomic E-state index is 0.0126. The van der Waals surface area contributed by atoms with Gasteiger partial charge in [0.2, 0.25) is 10.0 Å². The van der Waals surface area contributed by atoms with Crippen molar-refractivity contribution in [3.05, 3.63) is 41.0 Å². The summed E-state index contributed by atoms with van der Waals surface area (Å²) in [7, 11) is -3.34. The van der Waals surface area contributed by atoms with E-state index in [-0.39, 0.29) is 17.9 Å². The van der Waals surface area contributed by atoms with E-state index in [1.165, 1.54) is 23.4 Å². The zero-order valence-electron chi connectivity index (χ0n) is 18.8. The van der Waals surface area contributed by atoms with Gasteiger partial charge < -0.3 is 9.47 Å². The molecule has 2 aromatic rings. The number of carbonyl (C=O) groups excluding carboxylic acids is 1. The molecule has 8 nitrogen and oxygen atoms in total. The summed E-state index contributed by atoms with van der Waals surface area (Å²) in [4.78, 5) is 15.3. The highest BCUT2D eigenvalue weighted by molar-refractivity contribution is 7.92. The largest absolute Gasteiger partial charge is 0.338 e. The molecule has 0 bridgehead atoms. The fourth-order valence-corrected chi connectivity index (χ4v) is 6.87. The van der Waals surface area contributed by atoms with Crippen LogP contribution in [0.4, 0.5) is 5.69 Å². The predicted molar refractivity (Wildman–Crippen MR) is 122 cm³/mol. The first kappa shape index (κ1) is 21.4. The number of aryl methyl sites for hydroxylation is 1. The van der Waals surface area contributed by atoms with Crippen molar-refractivity contribution in [2.45, 2.75) is 70.4 Å². The second-order valence-electron chi connectivity index (χ2n) is 9.48. The molecule has 172 valence electrons. The molecule has 3 aliphatic heterocycles. The molecule has 1 fully saturated rings. The highest BCUT2D eigenvalue weighted by atomic mass is 32.2. The monoisotopic (exact) mass is 457 g/mol. The zero-order chi connectivity index (χ0) is 22.5. The van der Waals surface area contributed by atoms with Crippen molar-refractivity contribution >= 4 is 21.6 Å². The smallest absolute Gasteiger partial charge is 0.253 e. The maximum absolute atomic E-state index is 13.4. The Labute approximate surface area is 189 Å². The first-order valence-corrected chi connectivity index (χ1v) is 13.5. The number of likely N-dealkylation sites (tertiary alicyclic amines) is 1. The fraction of sp³-hybridized carbons (Fsp3) is 0.609. The van der Waals surface area contributed by atoms with Crippen LogP contribution in [-0.2, 0) is 29.4 Å². The van der Waals surface area contributed by atoms with E-state index in [2.05, 4.69) is 14.8 Å². The number of carbonyl (C=O) groups is 1. The number of hydrogen-bond acceptors (Lipinski definition) is 5. The van der Waals surface area contributed by atoms with Gasteiger partial charge in [0.25, 0.3) is 5.91 Å². The molecule has 3 aliphatic rings. The molecule has 1 amide bonds. The summed E-state index contributed by atoms with van der Waals surface area (Å²) < 4.78 is 28.1. The van der Waals surface area contributed by atoms with Gasteiger partial charge in [-0.1, -0.05) is 6.42 Å². The molecule has 2 unspecified atom stereocenters. The van der Waals surface area contributed by atoms with Gasteiger partial charge in [-0.2, -0.15) is 0 Å². The van der Waals surface area contributed by atoms with Crippen molar-refractivity contribution < 1.29 is 13.2 Å². The molecule has 2 atom stereocenters. The summed E-state index contributed by atoms with van der Waals surface area (Å²) in [5.41, 5.74) is 2.25. The van der Waals surface area contributed by atoms with Gasteiger partial charge in [-0.05, 0) is 62.8 Å². The lowest BCUT2D eigenvalue weighted by molar-refractivity contribution is 0.0703. The van der Waals surface area contributed by atoms with Crippen molar-refractivity contribution in [3.8, 4) is 0 Å². The molecular formula is C23H31N5O3S. The second-order valence-corrected chi connectivity index (χ2v) is 11.3. The predicted octanol–water partition coefficient (Wildman–Crippen LogP) is 2.73. The number of benzene rings is 1. The number of rotatable bonds is 3. The Morgan fingerprint density at radius 2 is 1.94 bits per heavy atom. The van der Waals surface area contributed by atoms with E-state index in [0.717, 1.165) is 56.0 Å². The van der Waals surface area contributed by atoms with Crippen LogP contribution in [0, 0.1) is 0 Å². The Bertz CT molecular complexity index is 1140. The molecule has 9 heteroatoms. The topological polar surface area (TPSA) is 88.4 Å². The molecule has 5 rings (SSSR count). The number of fused-ring (bicyclic) bond motifs is 2. The summed E-state index contributed by atoms with van der Waals surface area (Å²) in [6.07, 6.45) is 8.36. The van der Waals surface area contributed by atoms with E-state index in [0.29, 0.717) is 24.2 Å². The highest BCUT2D eigenvalue weighted by Gasteiger charge is 2.34. The lowest BCUT2D eigenvalue weighted by Gasteiger charge is -2.32. The van der Waals surface area contributed by atoms with Crippen molar-refractivity contribution in [1.29, 1.82) is 0 Å². The van der Waals surface area contributed by atoms with E-state index in [1.807, 2.05) is 17.9 Å². The van der Waals surface area contributed by atoms with Gasteiger partial charge in [-0.15, -0.1) is 10.2 Å². The van der Waals surface area contributed by atoms with Crippen LogP contribution in [0.15, 0.2) is 18.2 Å². The number of amides is 1. The quantitative estimate of drug-likeness (QED) is 0.707. The molecule has 1 aromatic heterocycles. The van der Waals surface area contributed by atoms with Crippen LogP contribution in [0.1, 0.15) is 72.5 Å². The van der Waals surface area contributed by atoms with Gasteiger partial charge in [-0.25, -0.2) is 8.42 Å². The minimum Gasteiger partial charge on any atom is -0.338 e. The maximum Gasteiger partial charge on any atom is 0.253 e. The molecular weight excluding hydrogens is 426 g/mol. The third-order valence-electron chi connectivity index (χ3n) is 7.05. The number of anilines is 1. The van der Waals surface area contributed by atoms with Crippen molar-refractivity contribution in [2.24, 2.45) is 0 Å². The van der Waals surface area contributed by atoms with E-state index in [9.17, 15) is 13.2 Å². The van der Waals surface area contributed by atoms with Crippen LogP contribution < -0.4 is 4.31 Å². The Kier molecular flexibility index (Phi) is 5.47. The number of piperidine rings is 1. The first-order chi connectivity index (χ1) is 15.3. The Morgan fingerprint density at radius 3 is 2.75 bits per heavy atom. The molecule has 0 aliphatic carbocycles. The molecule has 1 aromatic carbocycles. The number of hydrogen-bond donors (Lipinski definition) is 0. The van der Waals surface area contributed by atoms with E-state index < -0.39 is 10.0 Å². The third-order valence-corrected chi connectivity index (χ3v) is 8.32. The third kappa shape index (κ3) is 3.80. The van der Waals surface area contributed by atoms with Crippen LogP contribution in [0.25, 0.3) is 0 Å². The summed E-state index contributed by atoms with van der Waals surface area (Å²) in [5.74, 6) is 2.34. The molecule has 4 heterocycles. The molecule has 0 spiro atoms. The van der Waals surface area contributed by atoms with Gasteiger partial charge >= 0.3 is 0 Å². The molecule has 1 saturated heterocycles. The van der Waals surface area contributed by atoms with Gasteiger partial charge in [0, 0.05) is 43.6 Å². The van der Waals surface area contributed by atoms with E-state index in [1.54, 1.807) is 12.1 Å². The van der Waals surface area contributed by atoms with Crippen molar-refractivity contribution in [3.63, 3.8) is 0 Å². The minimum atomic E-state index is -3.34. The van der Waals surface area contributed by atoms with Crippen LogP contribution in [0.2, 0.25) is 0 Å². The summed E-state index contributed by atoms with van der Waals surface area (Å²) in [6.45, 7) is 4.26. The Balaban J connectivity index is 1.36. The molecule has 0 saturated carbocycles.